The summed E-state index contributed by atoms with van der Waals surface area (Å²) < 4.78 is 45.2. The number of hydrogen-bond donors (Lipinski definition) is 0. The van der Waals surface area contributed by atoms with E-state index in [1.54, 1.807) is 44.0 Å². The first kappa shape index (κ1) is 27.7. The van der Waals surface area contributed by atoms with Gasteiger partial charge in [-0.25, -0.2) is 27.6 Å². The molecule has 12 heteroatoms. The average molecular weight is 563 g/mol. The number of carbonyl (C=O) groups is 1. The van der Waals surface area contributed by atoms with Crippen molar-refractivity contribution in [1.82, 2.24) is 19.4 Å². The Hall–Kier alpha value is -3.31. The topological polar surface area (TPSA) is 111 Å². The van der Waals surface area contributed by atoms with Crippen LogP contribution >= 0.6 is 11.6 Å². The molecule has 0 saturated carbocycles. The summed E-state index contributed by atoms with van der Waals surface area (Å²) in [4.78, 5) is 35.5. The van der Waals surface area contributed by atoms with Gasteiger partial charge in [-0.05, 0) is 57.0 Å². The normalized spacial score (nSPS) is 16.9. The van der Waals surface area contributed by atoms with Crippen LogP contribution in [0.3, 0.4) is 0 Å². The van der Waals surface area contributed by atoms with Crippen molar-refractivity contribution in [2.24, 2.45) is 5.92 Å². The highest BCUT2D eigenvalue weighted by Crippen LogP contribution is 2.35. The number of pyridine rings is 1. The molecule has 0 N–H and O–H groups in total. The number of rotatable bonds is 5. The highest BCUT2D eigenvalue weighted by Gasteiger charge is 2.36. The van der Waals surface area contributed by atoms with Crippen LogP contribution in [0.15, 0.2) is 58.7 Å². The second kappa shape index (κ2) is 10.5. The molecule has 9 nitrogen and oxygen atoms in total. The molecule has 1 amide bonds. The lowest BCUT2D eigenvalue weighted by atomic mass is 9.91. The minimum absolute atomic E-state index is 0.0394. The van der Waals surface area contributed by atoms with E-state index in [1.165, 1.54) is 35.0 Å². The molecule has 38 heavy (non-hydrogen) atoms. The van der Waals surface area contributed by atoms with Crippen molar-refractivity contribution in [2.45, 2.75) is 44.0 Å². The lowest BCUT2D eigenvalue weighted by Crippen LogP contribution is -2.37. The Bertz CT molecular complexity index is 1540. The van der Waals surface area contributed by atoms with Gasteiger partial charge in [-0.1, -0.05) is 17.7 Å². The maximum atomic E-state index is 14.5. The third-order valence-electron chi connectivity index (χ3n) is 6.12. The zero-order valence-electron chi connectivity index (χ0n) is 21.4. The van der Waals surface area contributed by atoms with Crippen molar-refractivity contribution in [2.75, 3.05) is 19.3 Å². The van der Waals surface area contributed by atoms with Crippen LogP contribution in [0.4, 0.5) is 9.18 Å². The minimum atomic E-state index is -3.64. The number of aromatic nitrogens is 3. The molecule has 1 saturated heterocycles. The Balaban J connectivity index is 1.72. The van der Waals surface area contributed by atoms with Crippen LogP contribution in [0.2, 0.25) is 5.02 Å². The first-order valence-corrected chi connectivity index (χ1v) is 14.2. The maximum Gasteiger partial charge on any atom is 0.410 e. The zero-order valence-corrected chi connectivity index (χ0v) is 23.0. The number of halogens is 2. The molecule has 0 bridgehead atoms. The molecule has 1 aromatic carbocycles. The first-order chi connectivity index (χ1) is 17.7. The fraction of sp³-hybridized carbons (Fsp3) is 0.385. The molecule has 1 fully saturated rings. The van der Waals surface area contributed by atoms with Gasteiger partial charge in [0.2, 0.25) is 15.0 Å². The van der Waals surface area contributed by atoms with Crippen LogP contribution in [0, 0.1) is 11.7 Å². The molecule has 2 aromatic heterocycles. The number of nitrogens with zero attached hydrogens (tertiary/aromatic N) is 4. The molecule has 202 valence electrons. The SMILES string of the molecule is CC(C)(C)OC(=O)N1CC[C@@H]([C@H](c2ccc(Cl)c(F)c2)n2ccc(-c3ccnc(S(C)(=O)=O)n3)cc2=O)C1. The molecular formula is C26H28ClFN4O5S. The Kier molecular flexibility index (Phi) is 7.62. The van der Waals surface area contributed by atoms with Gasteiger partial charge in [0.25, 0.3) is 5.56 Å². The number of sulfone groups is 1. The molecule has 1 aliphatic heterocycles. The fourth-order valence-corrected chi connectivity index (χ4v) is 5.09. The third kappa shape index (κ3) is 6.21. The molecular weight excluding hydrogens is 535 g/mol. The lowest BCUT2D eigenvalue weighted by molar-refractivity contribution is 0.0285. The van der Waals surface area contributed by atoms with E-state index in [9.17, 15) is 22.4 Å². The summed E-state index contributed by atoms with van der Waals surface area (Å²) in [5, 5.41) is -0.385. The number of benzene rings is 1. The van der Waals surface area contributed by atoms with E-state index in [1.807, 2.05) is 0 Å². The van der Waals surface area contributed by atoms with Crippen LogP contribution in [0.1, 0.15) is 38.8 Å². The quantitative estimate of drug-likeness (QED) is 0.425. The molecule has 3 heterocycles. The lowest BCUT2D eigenvalue weighted by Gasteiger charge is -2.28. The molecule has 0 aliphatic carbocycles. The number of likely N-dealkylation sites (tertiary alicyclic amines) is 1. The van der Waals surface area contributed by atoms with E-state index in [0.717, 1.165) is 6.26 Å². The second-order valence-corrected chi connectivity index (χ2v) is 12.6. The second-order valence-electron chi connectivity index (χ2n) is 10.3. The zero-order chi connectivity index (χ0) is 27.8. The van der Waals surface area contributed by atoms with Crippen LogP contribution in [-0.2, 0) is 14.6 Å². The van der Waals surface area contributed by atoms with Crippen molar-refractivity contribution >= 4 is 27.5 Å². The number of ether oxygens (including phenoxy) is 1. The largest absolute Gasteiger partial charge is 0.444 e. The van der Waals surface area contributed by atoms with Crippen molar-refractivity contribution in [1.29, 1.82) is 0 Å². The molecule has 1 aliphatic rings. The smallest absolute Gasteiger partial charge is 0.410 e. The van der Waals surface area contributed by atoms with Crippen LogP contribution < -0.4 is 5.56 Å². The third-order valence-corrected chi connectivity index (χ3v) is 7.28. The summed E-state index contributed by atoms with van der Waals surface area (Å²) >= 11 is 5.91. The van der Waals surface area contributed by atoms with Gasteiger partial charge in [0, 0.05) is 49.3 Å². The molecule has 2 atom stereocenters. The number of hydrogen-bond acceptors (Lipinski definition) is 7. The summed E-state index contributed by atoms with van der Waals surface area (Å²) in [7, 11) is -3.64. The summed E-state index contributed by atoms with van der Waals surface area (Å²) in [5.41, 5.74) is 0.146. The van der Waals surface area contributed by atoms with Crippen molar-refractivity contribution in [3.63, 3.8) is 0 Å². The summed E-state index contributed by atoms with van der Waals surface area (Å²) in [6.45, 7) is 6.09. The Morgan fingerprint density at radius 1 is 1.21 bits per heavy atom. The van der Waals surface area contributed by atoms with E-state index in [0.29, 0.717) is 30.6 Å². The van der Waals surface area contributed by atoms with Crippen molar-refractivity contribution < 1.29 is 22.3 Å². The van der Waals surface area contributed by atoms with Gasteiger partial charge in [-0.3, -0.25) is 4.79 Å². The van der Waals surface area contributed by atoms with Crippen molar-refractivity contribution in [3.05, 3.63) is 75.5 Å². The van der Waals surface area contributed by atoms with Gasteiger partial charge in [0.1, 0.15) is 11.4 Å². The van der Waals surface area contributed by atoms with E-state index in [4.69, 9.17) is 16.3 Å². The average Bonchev–Trinajstić information content (AvgIpc) is 3.31. The summed E-state index contributed by atoms with van der Waals surface area (Å²) in [6.07, 6.45) is 3.99. The summed E-state index contributed by atoms with van der Waals surface area (Å²) in [6, 6.07) is 8.28. The highest BCUT2D eigenvalue weighted by molar-refractivity contribution is 7.90. The fourth-order valence-electron chi connectivity index (χ4n) is 4.45. The standard InChI is InChI=1S/C26H28ClFN4O5S/c1-26(2,3)37-25(34)31-11-8-18(15-31)23(17-5-6-19(27)20(28)13-17)32-12-9-16(14-22(32)33)21-7-10-29-24(30-21)38(4,35)36/h5-7,9-10,12-14,18,23H,8,11,15H2,1-4H3/t18-,23+/m1/s1. The van der Waals surface area contributed by atoms with Crippen LogP contribution in [0.25, 0.3) is 11.3 Å². The molecule has 0 spiro atoms. The number of amides is 1. The highest BCUT2D eigenvalue weighted by atomic mass is 35.5. The van der Waals surface area contributed by atoms with Gasteiger partial charge < -0.3 is 14.2 Å². The van der Waals surface area contributed by atoms with Crippen LogP contribution in [-0.4, -0.2) is 58.9 Å². The molecule has 3 aromatic rings. The summed E-state index contributed by atoms with van der Waals surface area (Å²) in [5.74, 6) is -0.836. The van der Waals surface area contributed by atoms with Crippen molar-refractivity contribution in [3.8, 4) is 11.3 Å². The van der Waals surface area contributed by atoms with Crippen LogP contribution in [0.5, 0.6) is 0 Å². The predicted octanol–water partition coefficient (Wildman–Crippen LogP) is 4.35. The van der Waals surface area contributed by atoms with Gasteiger partial charge in [-0.15, -0.1) is 0 Å². The van der Waals surface area contributed by atoms with E-state index in [2.05, 4.69) is 9.97 Å². The Morgan fingerprint density at radius 3 is 2.58 bits per heavy atom. The molecule has 0 radical (unpaired) electrons. The van der Waals surface area contributed by atoms with E-state index >= 15 is 0 Å². The maximum absolute atomic E-state index is 14.5. The van der Waals surface area contributed by atoms with E-state index < -0.39 is 38.9 Å². The first-order valence-electron chi connectivity index (χ1n) is 11.9. The molecule has 0 unspecified atom stereocenters. The van der Waals surface area contributed by atoms with Gasteiger partial charge in [-0.2, -0.15) is 0 Å². The Morgan fingerprint density at radius 2 is 1.95 bits per heavy atom. The predicted molar refractivity (Wildman–Crippen MR) is 140 cm³/mol. The monoisotopic (exact) mass is 562 g/mol. The molecule has 4 rings (SSSR count). The van der Waals surface area contributed by atoms with Gasteiger partial charge in [0.05, 0.1) is 16.8 Å². The minimum Gasteiger partial charge on any atom is -0.444 e. The Labute approximate surface area is 225 Å². The number of carbonyl (C=O) groups excluding carboxylic acids is 1. The van der Waals surface area contributed by atoms with Gasteiger partial charge in [0.15, 0.2) is 0 Å². The van der Waals surface area contributed by atoms with Gasteiger partial charge >= 0.3 is 6.09 Å². The van der Waals surface area contributed by atoms with E-state index in [-0.39, 0.29) is 21.8 Å².